The normalized spacial score (nSPS) is 13.6. The first-order chi connectivity index (χ1) is 11.7. The fourth-order valence-corrected chi connectivity index (χ4v) is 2.65. The average molecular weight is 333 g/mol. The largest absolute Gasteiger partial charge is 0.494 e. The van der Waals surface area contributed by atoms with Crippen LogP contribution in [0, 0.1) is 0 Å². The van der Waals surface area contributed by atoms with Crippen LogP contribution >= 0.6 is 0 Å². The van der Waals surface area contributed by atoms with Crippen LogP contribution in [0.3, 0.4) is 0 Å². The van der Waals surface area contributed by atoms with Gasteiger partial charge in [0.15, 0.2) is 0 Å². The number of rotatable bonds is 8. The molecule has 132 valence electrons. The van der Waals surface area contributed by atoms with Gasteiger partial charge in [-0.15, -0.1) is 0 Å². The van der Waals surface area contributed by atoms with E-state index in [0.29, 0.717) is 26.1 Å². The van der Waals surface area contributed by atoms with Gasteiger partial charge in [-0.1, -0.05) is 18.2 Å². The molecule has 0 spiro atoms. The standard InChI is InChI=1S/C18H27N3O3/c1-20(12-7-15-24-16-8-3-2-4-9-16)18(23)19-11-10-17(22)21-13-5-6-14-21/h2-4,8-9H,5-7,10-15H2,1H3,(H,19,23). The minimum absolute atomic E-state index is 0.131. The molecule has 3 amide bonds. The second-order valence-electron chi connectivity index (χ2n) is 6.01. The van der Waals surface area contributed by atoms with Gasteiger partial charge in [-0.2, -0.15) is 0 Å². The predicted octanol–water partition coefficient (Wildman–Crippen LogP) is 2.11. The molecule has 1 N–H and O–H groups in total. The van der Waals surface area contributed by atoms with Crippen LogP contribution in [0.4, 0.5) is 4.79 Å². The van der Waals surface area contributed by atoms with E-state index in [0.717, 1.165) is 38.1 Å². The molecule has 1 aliphatic heterocycles. The zero-order valence-electron chi connectivity index (χ0n) is 14.4. The van der Waals surface area contributed by atoms with Crippen LogP contribution in [0.2, 0.25) is 0 Å². The Bertz CT molecular complexity index is 516. The van der Waals surface area contributed by atoms with E-state index >= 15 is 0 Å². The Hall–Kier alpha value is -2.24. The van der Waals surface area contributed by atoms with Crippen molar-refractivity contribution >= 4 is 11.9 Å². The van der Waals surface area contributed by atoms with Crippen LogP contribution < -0.4 is 10.1 Å². The number of benzene rings is 1. The van der Waals surface area contributed by atoms with Gasteiger partial charge in [0, 0.05) is 39.6 Å². The van der Waals surface area contributed by atoms with Gasteiger partial charge >= 0.3 is 6.03 Å². The van der Waals surface area contributed by atoms with E-state index in [4.69, 9.17) is 4.74 Å². The Morgan fingerprint density at radius 2 is 1.92 bits per heavy atom. The van der Waals surface area contributed by atoms with Crippen molar-refractivity contribution in [1.29, 1.82) is 0 Å². The molecular formula is C18H27N3O3. The topological polar surface area (TPSA) is 61.9 Å². The molecule has 1 saturated heterocycles. The fraction of sp³-hybridized carbons (Fsp3) is 0.556. The molecule has 1 aromatic carbocycles. The Kier molecular flexibility index (Phi) is 7.39. The summed E-state index contributed by atoms with van der Waals surface area (Å²) in [6.07, 6.45) is 3.31. The number of nitrogens with zero attached hydrogens (tertiary/aromatic N) is 2. The summed E-state index contributed by atoms with van der Waals surface area (Å²) in [5.74, 6) is 0.969. The van der Waals surface area contributed by atoms with Gasteiger partial charge in [0.2, 0.25) is 5.91 Å². The molecule has 0 radical (unpaired) electrons. The molecule has 0 atom stereocenters. The summed E-state index contributed by atoms with van der Waals surface area (Å²) in [6, 6.07) is 9.47. The number of hydrogen-bond acceptors (Lipinski definition) is 3. The first kappa shape index (κ1) is 18.1. The van der Waals surface area contributed by atoms with Crippen LogP contribution in [0.5, 0.6) is 5.75 Å². The monoisotopic (exact) mass is 333 g/mol. The third-order valence-electron chi connectivity index (χ3n) is 4.07. The summed E-state index contributed by atoms with van der Waals surface area (Å²) < 4.78 is 5.60. The second-order valence-corrected chi connectivity index (χ2v) is 6.01. The highest BCUT2D eigenvalue weighted by atomic mass is 16.5. The lowest BCUT2D eigenvalue weighted by molar-refractivity contribution is -0.129. The van der Waals surface area contributed by atoms with Crippen LogP contribution in [-0.4, -0.2) is 61.6 Å². The summed E-state index contributed by atoms with van der Waals surface area (Å²) in [5.41, 5.74) is 0. The maximum absolute atomic E-state index is 12.0. The predicted molar refractivity (Wildman–Crippen MR) is 93.0 cm³/mol. The van der Waals surface area contributed by atoms with Crippen molar-refractivity contribution in [3.05, 3.63) is 30.3 Å². The molecule has 0 unspecified atom stereocenters. The number of hydrogen-bond donors (Lipinski definition) is 1. The third kappa shape index (κ3) is 6.10. The van der Waals surface area contributed by atoms with E-state index in [1.165, 1.54) is 0 Å². The van der Waals surface area contributed by atoms with E-state index in [-0.39, 0.29) is 11.9 Å². The smallest absolute Gasteiger partial charge is 0.317 e. The van der Waals surface area contributed by atoms with Crippen molar-refractivity contribution in [3.63, 3.8) is 0 Å². The molecule has 0 aromatic heterocycles. The fourth-order valence-electron chi connectivity index (χ4n) is 2.65. The molecule has 2 rings (SSSR count). The first-order valence-corrected chi connectivity index (χ1v) is 8.61. The molecule has 1 aliphatic rings. The van der Waals surface area contributed by atoms with Crippen molar-refractivity contribution in [2.24, 2.45) is 0 Å². The maximum Gasteiger partial charge on any atom is 0.317 e. The minimum Gasteiger partial charge on any atom is -0.494 e. The summed E-state index contributed by atoms with van der Waals surface area (Å²) in [4.78, 5) is 27.3. The van der Waals surface area contributed by atoms with E-state index in [2.05, 4.69) is 5.32 Å². The van der Waals surface area contributed by atoms with Crippen LogP contribution in [0.1, 0.15) is 25.7 Å². The van der Waals surface area contributed by atoms with E-state index < -0.39 is 0 Å². The molecule has 1 aromatic rings. The van der Waals surface area contributed by atoms with Crippen molar-refractivity contribution < 1.29 is 14.3 Å². The average Bonchev–Trinajstić information content (AvgIpc) is 3.14. The highest BCUT2D eigenvalue weighted by Gasteiger charge is 2.17. The molecule has 1 heterocycles. The van der Waals surface area contributed by atoms with Gasteiger partial charge in [0.25, 0.3) is 0 Å². The highest BCUT2D eigenvalue weighted by Crippen LogP contribution is 2.09. The number of carbonyl (C=O) groups excluding carboxylic acids is 2. The molecular weight excluding hydrogens is 306 g/mol. The first-order valence-electron chi connectivity index (χ1n) is 8.61. The van der Waals surface area contributed by atoms with Gasteiger partial charge in [-0.25, -0.2) is 4.79 Å². The zero-order chi connectivity index (χ0) is 17.2. The summed E-state index contributed by atoms with van der Waals surface area (Å²) in [5, 5.41) is 2.79. The van der Waals surface area contributed by atoms with Gasteiger partial charge in [0.1, 0.15) is 5.75 Å². The van der Waals surface area contributed by atoms with E-state index in [9.17, 15) is 9.59 Å². The molecule has 0 aliphatic carbocycles. The molecule has 6 nitrogen and oxygen atoms in total. The number of likely N-dealkylation sites (tertiary alicyclic amines) is 1. The van der Waals surface area contributed by atoms with Crippen LogP contribution in [0.25, 0.3) is 0 Å². The number of amides is 3. The molecule has 6 heteroatoms. The number of urea groups is 1. The lowest BCUT2D eigenvalue weighted by Crippen LogP contribution is -2.40. The molecule has 0 bridgehead atoms. The number of para-hydroxylation sites is 1. The Morgan fingerprint density at radius 1 is 1.21 bits per heavy atom. The maximum atomic E-state index is 12.0. The Morgan fingerprint density at radius 3 is 2.62 bits per heavy atom. The van der Waals surface area contributed by atoms with Gasteiger partial charge < -0.3 is 19.9 Å². The molecule has 1 fully saturated rings. The minimum atomic E-state index is -0.149. The lowest BCUT2D eigenvalue weighted by atomic mass is 10.3. The number of ether oxygens (including phenoxy) is 1. The Labute approximate surface area is 143 Å². The van der Waals surface area contributed by atoms with Gasteiger partial charge in [-0.05, 0) is 31.4 Å². The highest BCUT2D eigenvalue weighted by molar-refractivity contribution is 5.78. The SMILES string of the molecule is CN(CCCOc1ccccc1)C(=O)NCCC(=O)N1CCCC1. The van der Waals surface area contributed by atoms with Crippen molar-refractivity contribution in [3.8, 4) is 5.75 Å². The molecule has 24 heavy (non-hydrogen) atoms. The van der Waals surface area contributed by atoms with E-state index in [1.54, 1.807) is 11.9 Å². The van der Waals surface area contributed by atoms with Crippen LogP contribution in [-0.2, 0) is 4.79 Å². The lowest BCUT2D eigenvalue weighted by Gasteiger charge is -2.19. The van der Waals surface area contributed by atoms with Crippen molar-refractivity contribution in [1.82, 2.24) is 15.1 Å². The Balaban J connectivity index is 1.54. The van der Waals surface area contributed by atoms with Crippen molar-refractivity contribution in [2.45, 2.75) is 25.7 Å². The van der Waals surface area contributed by atoms with Crippen LogP contribution in [0.15, 0.2) is 30.3 Å². The molecule has 0 saturated carbocycles. The summed E-state index contributed by atoms with van der Waals surface area (Å²) in [7, 11) is 1.75. The van der Waals surface area contributed by atoms with Gasteiger partial charge in [-0.3, -0.25) is 4.79 Å². The second kappa shape index (κ2) is 9.80. The van der Waals surface area contributed by atoms with Crippen molar-refractivity contribution in [2.75, 3.05) is 39.8 Å². The quantitative estimate of drug-likeness (QED) is 0.741. The third-order valence-corrected chi connectivity index (χ3v) is 4.07. The summed E-state index contributed by atoms with van der Waals surface area (Å²) in [6.45, 7) is 3.27. The number of carbonyl (C=O) groups is 2. The van der Waals surface area contributed by atoms with Gasteiger partial charge in [0.05, 0.1) is 6.61 Å². The van der Waals surface area contributed by atoms with E-state index in [1.807, 2.05) is 35.2 Å². The zero-order valence-corrected chi connectivity index (χ0v) is 14.4. The number of nitrogens with one attached hydrogen (secondary N) is 1. The summed E-state index contributed by atoms with van der Waals surface area (Å²) >= 11 is 0.